The molecule has 1 aliphatic heterocycles. The quantitative estimate of drug-likeness (QED) is 0.409. The lowest BCUT2D eigenvalue weighted by Gasteiger charge is -2.26. The van der Waals surface area contributed by atoms with E-state index in [9.17, 15) is 23.8 Å². The van der Waals surface area contributed by atoms with Crippen molar-refractivity contribution in [3.8, 4) is 22.6 Å². The monoisotopic (exact) mass is 449 g/mol. The molecule has 1 saturated heterocycles. The third kappa shape index (κ3) is 3.74. The van der Waals surface area contributed by atoms with Gasteiger partial charge < -0.3 is 19.5 Å². The summed E-state index contributed by atoms with van der Waals surface area (Å²) in [6.07, 6.45) is 1.40. The number of carboxylic acids is 1. The maximum atomic E-state index is 14.5. The predicted molar refractivity (Wildman–Crippen MR) is 120 cm³/mol. The summed E-state index contributed by atoms with van der Waals surface area (Å²) in [7, 11) is 0. The Balaban J connectivity index is 1.91. The Morgan fingerprint density at radius 3 is 2.39 bits per heavy atom. The number of phenolic OH excluding ortho intramolecular Hbond substituents is 1. The number of phenols is 1. The first kappa shape index (κ1) is 21.2. The zero-order valence-corrected chi connectivity index (χ0v) is 17.6. The fraction of sp³-hybridized carbons (Fsp3) is 0.192. The summed E-state index contributed by atoms with van der Waals surface area (Å²) >= 11 is 0. The largest absolute Gasteiger partial charge is 0.507 e. The fourth-order valence-electron chi connectivity index (χ4n) is 4.72. The highest BCUT2D eigenvalue weighted by Gasteiger charge is 2.29. The van der Waals surface area contributed by atoms with Gasteiger partial charge in [-0.25, -0.2) is 13.6 Å². The number of hydrogen-bond acceptors (Lipinski definition) is 3. The molecule has 0 spiro atoms. The first-order valence-electron chi connectivity index (χ1n) is 10.7. The maximum Gasteiger partial charge on any atom is 0.335 e. The normalized spacial score (nSPS) is 14.6. The van der Waals surface area contributed by atoms with Gasteiger partial charge in [-0.15, -0.1) is 0 Å². The first-order chi connectivity index (χ1) is 15.9. The molecule has 5 nitrogen and oxygen atoms in total. The van der Waals surface area contributed by atoms with Crippen LogP contribution in [-0.2, 0) is 4.74 Å². The van der Waals surface area contributed by atoms with Crippen molar-refractivity contribution >= 4 is 16.9 Å². The molecular formula is C26H21F2NO4. The summed E-state index contributed by atoms with van der Waals surface area (Å²) in [5.74, 6) is -2.29. The summed E-state index contributed by atoms with van der Waals surface area (Å²) in [5, 5.41) is 20.9. The van der Waals surface area contributed by atoms with Gasteiger partial charge in [0.25, 0.3) is 0 Å². The zero-order chi connectivity index (χ0) is 23.1. The van der Waals surface area contributed by atoms with Crippen LogP contribution in [0, 0.1) is 11.6 Å². The van der Waals surface area contributed by atoms with Crippen LogP contribution >= 0.6 is 0 Å². The summed E-state index contributed by atoms with van der Waals surface area (Å²) in [6, 6.07) is 14.8. The van der Waals surface area contributed by atoms with Crippen molar-refractivity contribution in [3.63, 3.8) is 0 Å². The number of aromatic hydroxyl groups is 1. The molecule has 0 atom stereocenters. The SMILES string of the molecule is O=C(O)c1cc(F)cc(-c2c(C3CCOCC3)n(-c3ccc(F)cc3)c3cccc(O)c23)c1. The Hall–Kier alpha value is -3.71. The van der Waals surface area contributed by atoms with Gasteiger partial charge in [-0.3, -0.25) is 0 Å². The predicted octanol–water partition coefficient (Wildman–Crippen LogP) is 5.87. The Labute approximate surface area is 188 Å². The van der Waals surface area contributed by atoms with Crippen LogP contribution in [0.25, 0.3) is 27.7 Å². The molecule has 0 amide bonds. The molecule has 3 aromatic carbocycles. The van der Waals surface area contributed by atoms with Crippen molar-refractivity contribution in [1.82, 2.24) is 4.57 Å². The third-order valence-electron chi connectivity index (χ3n) is 6.13. The molecule has 1 fully saturated rings. The van der Waals surface area contributed by atoms with Gasteiger partial charge in [0.2, 0.25) is 0 Å². The van der Waals surface area contributed by atoms with E-state index in [0.29, 0.717) is 53.8 Å². The molecule has 33 heavy (non-hydrogen) atoms. The van der Waals surface area contributed by atoms with Crippen LogP contribution in [0.3, 0.4) is 0 Å². The Morgan fingerprint density at radius 1 is 0.970 bits per heavy atom. The number of rotatable bonds is 4. The highest BCUT2D eigenvalue weighted by Crippen LogP contribution is 2.46. The van der Waals surface area contributed by atoms with Crippen LogP contribution < -0.4 is 0 Å². The lowest BCUT2D eigenvalue weighted by atomic mass is 9.89. The molecule has 0 bridgehead atoms. The average molecular weight is 449 g/mol. The summed E-state index contributed by atoms with van der Waals surface area (Å²) in [6.45, 7) is 1.09. The minimum atomic E-state index is -1.24. The lowest BCUT2D eigenvalue weighted by Crippen LogP contribution is -2.17. The van der Waals surface area contributed by atoms with Crippen molar-refractivity contribution in [3.05, 3.63) is 83.6 Å². The van der Waals surface area contributed by atoms with Crippen molar-refractivity contribution in [2.75, 3.05) is 13.2 Å². The van der Waals surface area contributed by atoms with Crippen LogP contribution in [0.1, 0.15) is 34.8 Å². The van der Waals surface area contributed by atoms with Crippen molar-refractivity contribution in [2.24, 2.45) is 0 Å². The second kappa shape index (κ2) is 8.33. The molecule has 7 heteroatoms. The minimum absolute atomic E-state index is 0.00199. The molecular weight excluding hydrogens is 428 g/mol. The van der Waals surface area contributed by atoms with Crippen LogP contribution in [-0.4, -0.2) is 34.0 Å². The van der Waals surface area contributed by atoms with E-state index in [4.69, 9.17) is 4.74 Å². The fourth-order valence-corrected chi connectivity index (χ4v) is 4.72. The molecule has 1 aliphatic rings. The summed E-state index contributed by atoms with van der Waals surface area (Å²) < 4.78 is 35.7. The number of halogens is 2. The van der Waals surface area contributed by atoms with Crippen LogP contribution in [0.5, 0.6) is 5.75 Å². The Morgan fingerprint density at radius 2 is 1.70 bits per heavy atom. The number of aromatic nitrogens is 1. The molecule has 2 heterocycles. The number of hydrogen-bond donors (Lipinski definition) is 2. The van der Waals surface area contributed by atoms with E-state index in [0.717, 1.165) is 11.8 Å². The Bertz CT molecular complexity index is 1360. The van der Waals surface area contributed by atoms with Gasteiger partial charge in [-0.1, -0.05) is 6.07 Å². The van der Waals surface area contributed by atoms with Crippen LogP contribution in [0.4, 0.5) is 8.78 Å². The van der Waals surface area contributed by atoms with Gasteiger partial charge in [0, 0.05) is 41.5 Å². The molecule has 5 rings (SSSR count). The average Bonchev–Trinajstić information content (AvgIpc) is 3.16. The molecule has 0 unspecified atom stereocenters. The molecule has 0 saturated carbocycles. The number of fused-ring (bicyclic) bond motifs is 1. The smallest absolute Gasteiger partial charge is 0.335 e. The second-order valence-corrected chi connectivity index (χ2v) is 8.16. The number of carbonyl (C=O) groups is 1. The van der Waals surface area contributed by atoms with Crippen molar-refractivity contribution in [1.29, 1.82) is 0 Å². The van der Waals surface area contributed by atoms with Crippen molar-refractivity contribution < 1.29 is 28.5 Å². The number of carboxylic acid groups (broad SMARTS) is 1. The van der Waals surface area contributed by atoms with E-state index < -0.39 is 11.8 Å². The van der Waals surface area contributed by atoms with Gasteiger partial charge in [-0.05, 0) is 73.0 Å². The highest BCUT2D eigenvalue weighted by molar-refractivity contribution is 6.04. The molecule has 4 aromatic rings. The Kier molecular flexibility index (Phi) is 5.34. The highest BCUT2D eigenvalue weighted by atomic mass is 19.1. The summed E-state index contributed by atoms with van der Waals surface area (Å²) in [5.41, 5.74) is 2.92. The second-order valence-electron chi connectivity index (χ2n) is 8.16. The topological polar surface area (TPSA) is 71.7 Å². The number of nitrogens with zero attached hydrogens (tertiary/aromatic N) is 1. The zero-order valence-electron chi connectivity index (χ0n) is 17.6. The van der Waals surface area contributed by atoms with Gasteiger partial charge in [0.15, 0.2) is 0 Å². The van der Waals surface area contributed by atoms with Gasteiger partial charge in [0.05, 0.1) is 11.1 Å². The maximum absolute atomic E-state index is 14.5. The van der Waals surface area contributed by atoms with Crippen LogP contribution in [0.15, 0.2) is 60.7 Å². The van der Waals surface area contributed by atoms with Crippen molar-refractivity contribution in [2.45, 2.75) is 18.8 Å². The minimum Gasteiger partial charge on any atom is -0.507 e. The molecule has 168 valence electrons. The van der Waals surface area contributed by atoms with E-state index in [-0.39, 0.29) is 23.0 Å². The van der Waals surface area contributed by atoms with E-state index in [2.05, 4.69) is 0 Å². The standard InChI is InChI=1S/C26H21F2NO4/c27-18-4-6-20(7-5-18)29-21-2-1-3-22(30)24(21)23(25(29)15-8-10-33-11-9-15)16-12-17(26(31)32)14-19(28)13-16/h1-7,12-15,30H,8-11H2,(H,31,32). The first-order valence-corrected chi connectivity index (χ1v) is 10.7. The number of aromatic carboxylic acids is 1. The van der Waals surface area contributed by atoms with E-state index in [1.165, 1.54) is 24.3 Å². The molecule has 1 aromatic heterocycles. The molecule has 2 N–H and O–H groups in total. The van der Waals surface area contributed by atoms with Crippen LogP contribution in [0.2, 0.25) is 0 Å². The van der Waals surface area contributed by atoms with Gasteiger partial charge in [0.1, 0.15) is 17.4 Å². The molecule has 0 aliphatic carbocycles. The third-order valence-corrected chi connectivity index (χ3v) is 6.13. The number of benzene rings is 3. The van der Waals surface area contributed by atoms with Gasteiger partial charge >= 0.3 is 5.97 Å². The van der Waals surface area contributed by atoms with E-state index >= 15 is 0 Å². The summed E-state index contributed by atoms with van der Waals surface area (Å²) in [4.78, 5) is 11.6. The molecule has 0 radical (unpaired) electrons. The number of ether oxygens (including phenoxy) is 1. The lowest BCUT2D eigenvalue weighted by molar-refractivity contribution is 0.0696. The van der Waals surface area contributed by atoms with E-state index in [1.54, 1.807) is 24.3 Å². The van der Waals surface area contributed by atoms with Gasteiger partial charge in [-0.2, -0.15) is 0 Å². The van der Waals surface area contributed by atoms with E-state index in [1.807, 2.05) is 10.6 Å².